The van der Waals surface area contributed by atoms with Crippen LogP contribution < -0.4 is 10.2 Å². The number of rotatable bonds is 2. The molecule has 114 valence electrons. The zero-order valence-corrected chi connectivity index (χ0v) is 12.1. The Bertz CT molecular complexity index is 820. The molecule has 1 aromatic carbocycles. The van der Waals surface area contributed by atoms with Crippen LogP contribution in [-0.2, 0) is 7.05 Å². The van der Waals surface area contributed by atoms with E-state index in [1.54, 1.807) is 6.07 Å². The lowest BCUT2D eigenvalue weighted by atomic mass is 10.3. The average molecular weight is 302 g/mol. The molecule has 8 heteroatoms. The lowest BCUT2D eigenvalue weighted by molar-refractivity contribution is 0.405. The van der Waals surface area contributed by atoms with Crippen molar-refractivity contribution >= 4 is 17.0 Å². The molecule has 0 bridgehead atoms. The Kier molecular flexibility index (Phi) is 3.04. The van der Waals surface area contributed by atoms with Gasteiger partial charge in [0.25, 0.3) is 0 Å². The quantitative estimate of drug-likeness (QED) is 0.766. The Hall–Kier alpha value is -2.48. The Morgan fingerprint density at radius 3 is 2.86 bits per heavy atom. The summed E-state index contributed by atoms with van der Waals surface area (Å²) in [6.07, 6.45) is 0. The summed E-state index contributed by atoms with van der Waals surface area (Å²) in [5, 5.41) is 7.29. The molecule has 3 heterocycles. The summed E-state index contributed by atoms with van der Waals surface area (Å²) in [5.74, 6) is 0.658. The molecule has 4 rings (SSSR count). The first kappa shape index (κ1) is 13.2. The van der Waals surface area contributed by atoms with E-state index in [9.17, 15) is 4.39 Å². The minimum atomic E-state index is -0.313. The molecule has 1 N–H and O–H groups in total. The molecule has 0 radical (unpaired) electrons. The molecule has 2 aromatic heterocycles. The Balaban J connectivity index is 1.72. The predicted octanol–water partition coefficient (Wildman–Crippen LogP) is 1.17. The van der Waals surface area contributed by atoms with Gasteiger partial charge >= 0.3 is 6.01 Å². The number of nitrogens with zero attached hydrogens (tertiary/aromatic N) is 5. The second kappa shape index (κ2) is 5.06. The molecular formula is C14H15FN6O. The van der Waals surface area contributed by atoms with Crippen molar-refractivity contribution in [2.45, 2.75) is 0 Å². The summed E-state index contributed by atoms with van der Waals surface area (Å²) in [4.78, 5) is 10.9. The van der Waals surface area contributed by atoms with Gasteiger partial charge in [0.15, 0.2) is 5.82 Å². The van der Waals surface area contributed by atoms with E-state index in [1.165, 1.54) is 12.1 Å². The fourth-order valence-corrected chi connectivity index (χ4v) is 2.66. The molecule has 1 saturated heterocycles. The fraction of sp³-hybridized carbons (Fsp3) is 0.357. The van der Waals surface area contributed by atoms with Crippen molar-refractivity contribution in [2.75, 3.05) is 31.1 Å². The van der Waals surface area contributed by atoms with Gasteiger partial charge in [-0.3, -0.25) is 0 Å². The third kappa shape index (κ3) is 2.12. The number of nitrogens with one attached hydrogen (secondary N) is 1. The third-order valence-corrected chi connectivity index (χ3v) is 3.85. The fourth-order valence-electron chi connectivity index (χ4n) is 2.66. The third-order valence-electron chi connectivity index (χ3n) is 3.85. The number of piperazine rings is 1. The van der Waals surface area contributed by atoms with E-state index >= 15 is 0 Å². The number of anilines is 1. The minimum absolute atomic E-state index is 0.313. The molecule has 0 amide bonds. The molecule has 0 saturated carbocycles. The summed E-state index contributed by atoms with van der Waals surface area (Å²) in [6.45, 7) is 3.44. The lowest BCUT2D eigenvalue weighted by Crippen LogP contribution is -2.43. The highest BCUT2D eigenvalue weighted by molar-refractivity contribution is 5.79. The summed E-state index contributed by atoms with van der Waals surface area (Å²) in [6, 6.07) is 5.00. The number of aryl methyl sites for hydroxylation is 1. The van der Waals surface area contributed by atoms with Gasteiger partial charge in [0.2, 0.25) is 5.82 Å². The molecule has 1 aliphatic rings. The topological polar surface area (TPSA) is 72.0 Å². The van der Waals surface area contributed by atoms with Crippen LogP contribution in [0.1, 0.15) is 0 Å². The van der Waals surface area contributed by atoms with Gasteiger partial charge in [-0.15, -0.1) is 0 Å². The standard InChI is InChI=1S/C14H15FN6O/c1-20-11-3-2-9(15)8-10(11)17-13(20)12-18-14(22-19-12)21-6-4-16-5-7-21/h2-3,8,16H,4-7H2,1H3. The van der Waals surface area contributed by atoms with Crippen molar-refractivity contribution in [3.05, 3.63) is 24.0 Å². The second-order valence-electron chi connectivity index (χ2n) is 5.27. The van der Waals surface area contributed by atoms with Crippen molar-refractivity contribution < 1.29 is 8.91 Å². The lowest BCUT2D eigenvalue weighted by Gasteiger charge is -2.24. The van der Waals surface area contributed by atoms with Crippen molar-refractivity contribution in [1.82, 2.24) is 25.0 Å². The number of benzene rings is 1. The van der Waals surface area contributed by atoms with Crippen LogP contribution in [0, 0.1) is 5.82 Å². The van der Waals surface area contributed by atoms with E-state index in [0.717, 1.165) is 31.7 Å². The van der Waals surface area contributed by atoms with Gasteiger partial charge in [-0.05, 0) is 12.1 Å². The maximum absolute atomic E-state index is 13.3. The second-order valence-corrected chi connectivity index (χ2v) is 5.27. The van der Waals surface area contributed by atoms with E-state index in [0.29, 0.717) is 23.2 Å². The monoisotopic (exact) mass is 302 g/mol. The number of imidazole rings is 1. The molecule has 3 aromatic rings. The largest absolute Gasteiger partial charge is 0.324 e. The van der Waals surface area contributed by atoms with Gasteiger partial charge < -0.3 is 19.3 Å². The van der Waals surface area contributed by atoms with Crippen molar-refractivity contribution in [2.24, 2.45) is 7.05 Å². The average Bonchev–Trinajstić information content (AvgIpc) is 3.13. The van der Waals surface area contributed by atoms with Crippen LogP contribution in [-0.4, -0.2) is 45.9 Å². The summed E-state index contributed by atoms with van der Waals surface area (Å²) in [5.41, 5.74) is 1.40. The zero-order chi connectivity index (χ0) is 15.1. The Morgan fingerprint density at radius 1 is 1.23 bits per heavy atom. The molecule has 1 fully saturated rings. The Labute approximate surface area is 125 Å². The van der Waals surface area contributed by atoms with Crippen LogP contribution in [0.4, 0.5) is 10.4 Å². The normalized spacial score (nSPS) is 15.6. The van der Waals surface area contributed by atoms with Crippen LogP contribution in [0.2, 0.25) is 0 Å². The van der Waals surface area contributed by atoms with Crippen LogP contribution in [0.3, 0.4) is 0 Å². The van der Waals surface area contributed by atoms with Crippen molar-refractivity contribution in [1.29, 1.82) is 0 Å². The molecule has 0 atom stereocenters. The van der Waals surface area contributed by atoms with E-state index in [4.69, 9.17) is 4.52 Å². The summed E-state index contributed by atoms with van der Waals surface area (Å²) in [7, 11) is 1.85. The highest BCUT2D eigenvalue weighted by atomic mass is 19.1. The number of hydrogen-bond acceptors (Lipinski definition) is 6. The van der Waals surface area contributed by atoms with Crippen LogP contribution in [0.5, 0.6) is 0 Å². The predicted molar refractivity (Wildman–Crippen MR) is 79.0 cm³/mol. The van der Waals surface area contributed by atoms with E-state index in [2.05, 4.69) is 20.4 Å². The molecule has 0 aliphatic carbocycles. The first-order valence-corrected chi connectivity index (χ1v) is 7.14. The first-order chi connectivity index (χ1) is 10.7. The first-order valence-electron chi connectivity index (χ1n) is 7.14. The van der Waals surface area contributed by atoms with Gasteiger partial charge in [0.1, 0.15) is 5.82 Å². The van der Waals surface area contributed by atoms with Crippen molar-refractivity contribution in [3.63, 3.8) is 0 Å². The summed E-state index contributed by atoms with van der Waals surface area (Å²) >= 11 is 0. The smallest absolute Gasteiger partial charge is 0.324 e. The zero-order valence-electron chi connectivity index (χ0n) is 12.1. The van der Waals surface area contributed by atoms with E-state index in [-0.39, 0.29) is 5.82 Å². The number of aromatic nitrogens is 4. The van der Waals surface area contributed by atoms with Crippen LogP contribution >= 0.6 is 0 Å². The van der Waals surface area contributed by atoms with Gasteiger partial charge in [-0.25, -0.2) is 9.37 Å². The molecular weight excluding hydrogens is 287 g/mol. The Morgan fingerprint density at radius 2 is 2.05 bits per heavy atom. The van der Waals surface area contributed by atoms with Gasteiger partial charge in [-0.2, -0.15) is 4.98 Å². The molecule has 1 aliphatic heterocycles. The minimum Gasteiger partial charge on any atom is -0.324 e. The number of halogens is 1. The molecule has 22 heavy (non-hydrogen) atoms. The number of hydrogen-bond donors (Lipinski definition) is 1. The van der Waals surface area contributed by atoms with E-state index < -0.39 is 0 Å². The number of fused-ring (bicyclic) bond motifs is 1. The van der Waals surface area contributed by atoms with Gasteiger partial charge in [0, 0.05) is 39.3 Å². The maximum Gasteiger partial charge on any atom is 0.324 e. The van der Waals surface area contributed by atoms with Crippen LogP contribution in [0.15, 0.2) is 22.7 Å². The van der Waals surface area contributed by atoms with Crippen molar-refractivity contribution in [3.8, 4) is 11.6 Å². The maximum atomic E-state index is 13.3. The molecule has 7 nitrogen and oxygen atoms in total. The van der Waals surface area contributed by atoms with Gasteiger partial charge in [0.05, 0.1) is 11.0 Å². The van der Waals surface area contributed by atoms with Gasteiger partial charge in [-0.1, -0.05) is 5.16 Å². The van der Waals surface area contributed by atoms with Crippen LogP contribution in [0.25, 0.3) is 22.7 Å². The molecule has 0 unspecified atom stereocenters. The molecule has 0 spiro atoms. The SMILES string of the molecule is Cn1c(-c2noc(N3CCNCC3)n2)nc2cc(F)ccc21. The highest BCUT2D eigenvalue weighted by Gasteiger charge is 2.20. The highest BCUT2D eigenvalue weighted by Crippen LogP contribution is 2.24. The van der Waals surface area contributed by atoms with E-state index in [1.807, 2.05) is 16.5 Å². The summed E-state index contributed by atoms with van der Waals surface area (Å²) < 4.78 is 20.5.